The van der Waals surface area contributed by atoms with Crippen molar-refractivity contribution in [3.05, 3.63) is 91.1 Å². The van der Waals surface area contributed by atoms with E-state index in [1.54, 1.807) is 0 Å². The lowest BCUT2D eigenvalue weighted by Gasteiger charge is -2.20. The third kappa shape index (κ3) is 2.58. The Hall–Kier alpha value is -2.37. The molecule has 23 heavy (non-hydrogen) atoms. The van der Waals surface area contributed by atoms with Gasteiger partial charge in [0.05, 0.1) is 0 Å². The second kappa shape index (κ2) is 6.02. The molecule has 0 saturated carbocycles. The van der Waals surface area contributed by atoms with E-state index < -0.39 is 7.92 Å². The van der Waals surface area contributed by atoms with Gasteiger partial charge < -0.3 is 4.57 Å². The summed E-state index contributed by atoms with van der Waals surface area (Å²) in [5, 5.41) is 5.57. The van der Waals surface area contributed by atoms with E-state index in [0.717, 1.165) is 0 Å². The second-order valence-corrected chi connectivity index (χ2v) is 7.83. The fraction of sp³-hybridized carbons (Fsp3) is 0.0476. The minimum absolute atomic E-state index is 0.546. The molecule has 0 aliphatic rings. The molecule has 0 bridgehead atoms. The van der Waals surface area contributed by atoms with Crippen LogP contribution in [0.4, 0.5) is 0 Å². The molecule has 0 amide bonds. The monoisotopic (exact) mass is 315 g/mol. The Morgan fingerprint density at radius 3 is 1.87 bits per heavy atom. The van der Waals surface area contributed by atoms with E-state index in [2.05, 4.69) is 103 Å². The van der Waals surface area contributed by atoms with Gasteiger partial charge in [0.15, 0.2) is 0 Å². The van der Waals surface area contributed by atoms with Gasteiger partial charge in [-0.25, -0.2) is 0 Å². The average Bonchev–Trinajstić information content (AvgIpc) is 2.99. The lowest BCUT2D eigenvalue weighted by atomic mass is 10.2. The number of hydrogen-bond acceptors (Lipinski definition) is 0. The maximum Gasteiger partial charge on any atom is 0.0484 e. The lowest BCUT2D eigenvalue weighted by molar-refractivity contribution is 0.969. The molecule has 1 nitrogen and oxygen atoms in total. The zero-order chi connectivity index (χ0) is 15.6. The Morgan fingerprint density at radius 2 is 1.26 bits per heavy atom. The summed E-state index contributed by atoms with van der Waals surface area (Å²) in [6, 6.07) is 30.6. The minimum atomic E-state index is -0.546. The molecular formula is C21H18NP. The minimum Gasteiger partial charge on any atom is -0.351 e. The molecule has 0 saturated heterocycles. The molecule has 0 fully saturated rings. The van der Waals surface area contributed by atoms with Crippen molar-refractivity contribution in [3.8, 4) is 0 Å². The van der Waals surface area contributed by atoms with Crippen LogP contribution in [0, 0.1) is 0 Å². The number of aryl methyl sites for hydroxylation is 1. The largest absolute Gasteiger partial charge is 0.351 e. The summed E-state index contributed by atoms with van der Waals surface area (Å²) < 4.78 is 2.20. The van der Waals surface area contributed by atoms with Gasteiger partial charge in [-0.2, -0.15) is 0 Å². The summed E-state index contributed by atoms with van der Waals surface area (Å²) >= 11 is 0. The highest BCUT2D eigenvalue weighted by molar-refractivity contribution is 7.80. The number of aromatic nitrogens is 1. The molecule has 0 aliphatic heterocycles. The predicted octanol–water partition coefficient (Wildman–Crippen LogP) is 3.94. The number of fused-ring (bicyclic) bond motifs is 1. The van der Waals surface area contributed by atoms with Crippen LogP contribution in [0.5, 0.6) is 0 Å². The Morgan fingerprint density at radius 1 is 0.652 bits per heavy atom. The maximum absolute atomic E-state index is 2.29. The summed E-state index contributed by atoms with van der Waals surface area (Å²) in [7, 11) is 1.56. The predicted molar refractivity (Wildman–Crippen MR) is 102 cm³/mol. The van der Waals surface area contributed by atoms with Crippen molar-refractivity contribution >= 4 is 34.7 Å². The van der Waals surface area contributed by atoms with Crippen LogP contribution in [0.25, 0.3) is 10.9 Å². The van der Waals surface area contributed by atoms with Gasteiger partial charge in [-0.3, -0.25) is 0 Å². The maximum atomic E-state index is 2.29. The second-order valence-electron chi connectivity index (χ2n) is 5.64. The van der Waals surface area contributed by atoms with Gasteiger partial charge in [-0.15, -0.1) is 0 Å². The quantitative estimate of drug-likeness (QED) is 0.505. The molecule has 4 aromatic rings. The Kier molecular flexibility index (Phi) is 3.73. The molecular weight excluding hydrogens is 297 g/mol. The van der Waals surface area contributed by atoms with Crippen LogP contribution in [-0.4, -0.2) is 4.57 Å². The van der Waals surface area contributed by atoms with Crippen LogP contribution in [0.1, 0.15) is 0 Å². The first-order chi connectivity index (χ1) is 11.3. The van der Waals surface area contributed by atoms with E-state index in [1.807, 2.05) is 0 Å². The van der Waals surface area contributed by atoms with Crippen molar-refractivity contribution in [1.29, 1.82) is 0 Å². The molecule has 2 heteroatoms. The molecule has 0 spiro atoms. The average molecular weight is 315 g/mol. The van der Waals surface area contributed by atoms with Gasteiger partial charge in [0.2, 0.25) is 0 Å². The number of nitrogens with zero attached hydrogens (tertiary/aromatic N) is 1. The number of hydrogen-bond donors (Lipinski definition) is 0. The molecule has 112 valence electrons. The van der Waals surface area contributed by atoms with Crippen LogP contribution >= 0.6 is 7.92 Å². The van der Waals surface area contributed by atoms with E-state index in [9.17, 15) is 0 Å². The molecule has 1 heterocycles. The third-order valence-corrected chi connectivity index (χ3v) is 6.68. The van der Waals surface area contributed by atoms with Crippen molar-refractivity contribution < 1.29 is 0 Å². The van der Waals surface area contributed by atoms with E-state index in [0.29, 0.717) is 0 Å². The SMILES string of the molecule is Cn1ccc2c(P(c3ccccc3)c3ccccc3)cccc21. The summed E-state index contributed by atoms with van der Waals surface area (Å²) in [4.78, 5) is 0. The Labute approximate surface area is 138 Å². The van der Waals surface area contributed by atoms with Gasteiger partial charge in [0.25, 0.3) is 0 Å². The molecule has 1 aromatic heterocycles. The topological polar surface area (TPSA) is 4.93 Å². The molecule has 4 rings (SSSR count). The number of rotatable bonds is 3. The smallest absolute Gasteiger partial charge is 0.0484 e. The molecule has 0 unspecified atom stereocenters. The van der Waals surface area contributed by atoms with E-state index >= 15 is 0 Å². The molecule has 0 aliphatic carbocycles. The van der Waals surface area contributed by atoms with Gasteiger partial charge in [-0.1, -0.05) is 72.8 Å². The standard InChI is InChI=1S/C21H18NP/c1-22-16-15-19-20(22)13-8-14-21(19)23(17-9-4-2-5-10-17)18-11-6-3-7-12-18/h2-16H,1H3. The molecule has 0 radical (unpaired) electrons. The third-order valence-electron chi connectivity index (χ3n) is 4.17. The van der Waals surface area contributed by atoms with Crippen LogP contribution in [-0.2, 0) is 7.05 Å². The Balaban J connectivity index is 1.98. The van der Waals surface area contributed by atoms with Gasteiger partial charge in [-0.05, 0) is 36.0 Å². The zero-order valence-electron chi connectivity index (χ0n) is 13.1. The first kappa shape index (κ1) is 14.2. The normalized spacial score (nSPS) is 11.2. The van der Waals surface area contributed by atoms with Gasteiger partial charge >= 0.3 is 0 Å². The van der Waals surface area contributed by atoms with E-state index in [1.165, 1.54) is 26.8 Å². The van der Waals surface area contributed by atoms with Crippen molar-refractivity contribution in [2.24, 2.45) is 7.05 Å². The molecule has 0 atom stereocenters. The molecule has 0 N–H and O–H groups in total. The van der Waals surface area contributed by atoms with Gasteiger partial charge in [0.1, 0.15) is 0 Å². The lowest BCUT2D eigenvalue weighted by Crippen LogP contribution is -2.20. The van der Waals surface area contributed by atoms with E-state index in [4.69, 9.17) is 0 Å². The number of benzene rings is 3. The van der Waals surface area contributed by atoms with Crippen LogP contribution < -0.4 is 15.9 Å². The highest BCUT2D eigenvalue weighted by Crippen LogP contribution is 2.35. The van der Waals surface area contributed by atoms with Crippen molar-refractivity contribution in [1.82, 2.24) is 4.57 Å². The summed E-state index contributed by atoms with van der Waals surface area (Å²) in [6.07, 6.45) is 2.15. The highest BCUT2D eigenvalue weighted by atomic mass is 31.1. The summed E-state index contributed by atoms with van der Waals surface area (Å²) in [6.45, 7) is 0. The van der Waals surface area contributed by atoms with Crippen LogP contribution in [0.15, 0.2) is 91.1 Å². The molecule has 3 aromatic carbocycles. The Bertz CT molecular complexity index is 886. The van der Waals surface area contributed by atoms with Crippen LogP contribution in [0.2, 0.25) is 0 Å². The highest BCUT2D eigenvalue weighted by Gasteiger charge is 2.18. The summed E-state index contributed by atoms with van der Waals surface area (Å²) in [5.74, 6) is 0. The van der Waals surface area contributed by atoms with Gasteiger partial charge in [0, 0.05) is 24.1 Å². The summed E-state index contributed by atoms with van der Waals surface area (Å²) in [5.41, 5.74) is 1.29. The fourth-order valence-corrected chi connectivity index (χ4v) is 5.52. The van der Waals surface area contributed by atoms with Crippen molar-refractivity contribution in [3.63, 3.8) is 0 Å². The van der Waals surface area contributed by atoms with Crippen molar-refractivity contribution in [2.75, 3.05) is 0 Å². The fourth-order valence-electron chi connectivity index (χ4n) is 3.06. The zero-order valence-corrected chi connectivity index (χ0v) is 13.9. The van der Waals surface area contributed by atoms with Crippen molar-refractivity contribution in [2.45, 2.75) is 0 Å². The first-order valence-corrected chi connectivity index (χ1v) is 9.13. The first-order valence-electron chi connectivity index (χ1n) is 7.79. The van der Waals surface area contributed by atoms with E-state index in [-0.39, 0.29) is 0 Å². The van der Waals surface area contributed by atoms with Crippen LogP contribution in [0.3, 0.4) is 0 Å².